The number of benzene rings is 2. The quantitative estimate of drug-likeness (QED) is 0.864. The van der Waals surface area contributed by atoms with Gasteiger partial charge in [0.15, 0.2) is 0 Å². The number of aryl methyl sites for hydroxylation is 3. The van der Waals surface area contributed by atoms with Gasteiger partial charge in [-0.1, -0.05) is 59.2 Å². The average molecular weight is 267 g/mol. The molecule has 1 atom stereocenters. The lowest BCUT2D eigenvalue weighted by Gasteiger charge is -2.17. The van der Waals surface area contributed by atoms with E-state index in [1.807, 2.05) is 0 Å². The van der Waals surface area contributed by atoms with E-state index in [-0.39, 0.29) is 0 Å². The van der Waals surface area contributed by atoms with Gasteiger partial charge in [0.25, 0.3) is 0 Å². The summed E-state index contributed by atoms with van der Waals surface area (Å²) in [5.41, 5.74) is 6.85. The third kappa shape index (κ3) is 4.21. The summed E-state index contributed by atoms with van der Waals surface area (Å²) in [6, 6.07) is 16.2. The monoisotopic (exact) mass is 267 g/mol. The number of likely N-dealkylation sites (N-methyl/N-ethyl adjacent to an activating group) is 1. The third-order valence-corrected chi connectivity index (χ3v) is 3.77. The van der Waals surface area contributed by atoms with Crippen LogP contribution in [0.2, 0.25) is 0 Å². The molecule has 0 aliphatic heterocycles. The lowest BCUT2D eigenvalue weighted by atomic mass is 9.96. The van der Waals surface area contributed by atoms with Gasteiger partial charge in [-0.25, -0.2) is 0 Å². The van der Waals surface area contributed by atoms with Crippen molar-refractivity contribution in [1.29, 1.82) is 0 Å². The second kappa shape index (κ2) is 6.71. The first-order valence-electron chi connectivity index (χ1n) is 7.37. The van der Waals surface area contributed by atoms with Gasteiger partial charge in [-0.15, -0.1) is 0 Å². The van der Waals surface area contributed by atoms with Crippen LogP contribution in [0.1, 0.15) is 27.8 Å². The third-order valence-electron chi connectivity index (χ3n) is 3.77. The molecule has 2 rings (SSSR count). The van der Waals surface area contributed by atoms with E-state index < -0.39 is 0 Å². The predicted octanol–water partition coefficient (Wildman–Crippen LogP) is 3.99. The molecule has 2 aromatic carbocycles. The zero-order chi connectivity index (χ0) is 14.5. The van der Waals surface area contributed by atoms with E-state index in [9.17, 15) is 0 Å². The van der Waals surface area contributed by atoms with E-state index in [0.29, 0.717) is 6.04 Å². The Morgan fingerprint density at radius 3 is 1.85 bits per heavy atom. The Bertz CT molecular complexity index is 534. The van der Waals surface area contributed by atoms with Crippen LogP contribution >= 0.6 is 0 Å². The minimum atomic E-state index is 0.485. The highest BCUT2D eigenvalue weighted by Gasteiger charge is 2.09. The van der Waals surface area contributed by atoms with Crippen LogP contribution in [0.5, 0.6) is 0 Å². The van der Waals surface area contributed by atoms with Gasteiger partial charge in [0.05, 0.1) is 0 Å². The Morgan fingerprint density at radius 1 is 0.750 bits per heavy atom. The highest BCUT2D eigenvalue weighted by atomic mass is 14.9. The van der Waals surface area contributed by atoms with E-state index in [1.165, 1.54) is 27.8 Å². The van der Waals surface area contributed by atoms with Crippen molar-refractivity contribution in [3.05, 3.63) is 70.3 Å². The summed E-state index contributed by atoms with van der Waals surface area (Å²) in [4.78, 5) is 0. The van der Waals surface area contributed by atoms with E-state index in [4.69, 9.17) is 0 Å². The Labute approximate surface area is 123 Å². The summed E-state index contributed by atoms with van der Waals surface area (Å²) in [6.07, 6.45) is 2.15. The predicted molar refractivity (Wildman–Crippen MR) is 87.4 cm³/mol. The molecule has 0 saturated heterocycles. The van der Waals surface area contributed by atoms with Crippen LogP contribution < -0.4 is 5.32 Å². The molecule has 2 aromatic rings. The molecule has 0 aliphatic rings. The highest BCUT2D eigenvalue weighted by Crippen LogP contribution is 2.13. The Balaban J connectivity index is 2.06. The number of nitrogens with one attached hydrogen (secondary N) is 1. The smallest absolute Gasteiger partial charge is 0.0145 e. The van der Waals surface area contributed by atoms with Crippen LogP contribution in [0, 0.1) is 20.8 Å². The molecule has 0 radical (unpaired) electrons. The van der Waals surface area contributed by atoms with E-state index in [2.05, 4.69) is 75.6 Å². The van der Waals surface area contributed by atoms with Gasteiger partial charge in [0.1, 0.15) is 0 Å². The molecule has 1 N–H and O–H groups in total. The van der Waals surface area contributed by atoms with Crippen LogP contribution in [0.25, 0.3) is 0 Å². The first-order valence-corrected chi connectivity index (χ1v) is 7.37. The van der Waals surface area contributed by atoms with Crippen molar-refractivity contribution >= 4 is 0 Å². The molecule has 0 saturated carbocycles. The first kappa shape index (κ1) is 14.8. The molecule has 0 amide bonds. The molecule has 20 heavy (non-hydrogen) atoms. The van der Waals surface area contributed by atoms with E-state index in [1.54, 1.807) is 0 Å². The number of hydrogen-bond donors (Lipinski definition) is 1. The maximum absolute atomic E-state index is 3.45. The van der Waals surface area contributed by atoms with Crippen molar-refractivity contribution in [3.8, 4) is 0 Å². The van der Waals surface area contributed by atoms with Crippen molar-refractivity contribution in [2.75, 3.05) is 7.05 Å². The van der Waals surface area contributed by atoms with Crippen LogP contribution in [-0.4, -0.2) is 13.1 Å². The number of rotatable bonds is 5. The van der Waals surface area contributed by atoms with Gasteiger partial charge in [-0.2, -0.15) is 0 Å². The van der Waals surface area contributed by atoms with Crippen molar-refractivity contribution < 1.29 is 0 Å². The second-order valence-electron chi connectivity index (χ2n) is 5.88. The second-order valence-corrected chi connectivity index (χ2v) is 5.88. The summed E-state index contributed by atoms with van der Waals surface area (Å²) in [5.74, 6) is 0. The normalized spacial score (nSPS) is 12.4. The highest BCUT2D eigenvalue weighted by molar-refractivity contribution is 5.29. The van der Waals surface area contributed by atoms with Crippen molar-refractivity contribution in [2.45, 2.75) is 39.7 Å². The van der Waals surface area contributed by atoms with Crippen LogP contribution in [0.15, 0.2) is 42.5 Å². The van der Waals surface area contributed by atoms with Crippen molar-refractivity contribution in [1.82, 2.24) is 5.32 Å². The maximum atomic E-state index is 3.45. The largest absolute Gasteiger partial charge is 0.316 e. The molecular formula is C19H25N. The molecule has 0 fully saturated rings. The summed E-state index contributed by atoms with van der Waals surface area (Å²) >= 11 is 0. The van der Waals surface area contributed by atoms with Crippen LogP contribution in [0.4, 0.5) is 0 Å². The molecule has 0 aromatic heterocycles. The minimum absolute atomic E-state index is 0.485. The van der Waals surface area contributed by atoms with E-state index in [0.717, 1.165) is 12.8 Å². The zero-order valence-corrected chi connectivity index (χ0v) is 13.0. The maximum Gasteiger partial charge on any atom is 0.0145 e. The average Bonchev–Trinajstić information content (AvgIpc) is 2.39. The molecule has 106 valence electrons. The van der Waals surface area contributed by atoms with Gasteiger partial charge >= 0.3 is 0 Å². The fraction of sp³-hybridized carbons (Fsp3) is 0.368. The van der Waals surface area contributed by atoms with Crippen molar-refractivity contribution in [3.63, 3.8) is 0 Å². The van der Waals surface area contributed by atoms with Crippen LogP contribution in [0.3, 0.4) is 0 Å². The summed E-state index contributed by atoms with van der Waals surface area (Å²) in [5, 5.41) is 3.45. The Morgan fingerprint density at radius 2 is 1.30 bits per heavy atom. The molecule has 0 aliphatic carbocycles. The van der Waals surface area contributed by atoms with Gasteiger partial charge in [-0.3, -0.25) is 0 Å². The topological polar surface area (TPSA) is 12.0 Å². The molecule has 0 bridgehead atoms. The molecule has 1 heteroatoms. The summed E-state index contributed by atoms with van der Waals surface area (Å²) < 4.78 is 0. The van der Waals surface area contributed by atoms with Gasteiger partial charge in [0.2, 0.25) is 0 Å². The lowest BCUT2D eigenvalue weighted by molar-refractivity contribution is 0.556. The van der Waals surface area contributed by atoms with Gasteiger partial charge in [-0.05, 0) is 51.8 Å². The van der Waals surface area contributed by atoms with Crippen molar-refractivity contribution in [2.24, 2.45) is 0 Å². The molecule has 0 spiro atoms. The SMILES string of the molecule is CNC(Cc1ccc(C)cc1)Cc1cc(C)cc(C)c1. The Kier molecular flexibility index (Phi) is 4.97. The first-order chi connectivity index (χ1) is 9.56. The van der Waals surface area contributed by atoms with Gasteiger partial charge < -0.3 is 5.32 Å². The van der Waals surface area contributed by atoms with Crippen LogP contribution in [-0.2, 0) is 12.8 Å². The van der Waals surface area contributed by atoms with E-state index >= 15 is 0 Å². The molecular weight excluding hydrogens is 242 g/mol. The fourth-order valence-electron chi connectivity index (χ4n) is 2.76. The minimum Gasteiger partial charge on any atom is -0.316 e. The number of hydrogen-bond acceptors (Lipinski definition) is 1. The fourth-order valence-corrected chi connectivity index (χ4v) is 2.76. The zero-order valence-electron chi connectivity index (χ0n) is 13.0. The molecule has 0 heterocycles. The Hall–Kier alpha value is -1.60. The molecule has 1 unspecified atom stereocenters. The standard InChI is InChI=1S/C19H25N/c1-14-5-7-17(8-6-14)12-19(20-4)13-18-10-15(2)9-16(3)11-18/h5-11,19-20H,12-13H2,1-4H3. The summed E-state index contributed by atoms with van der Waals surface area (Å²) in [7, 11) is 2.06. The molecule has 1 nitrogen and oxygen atoms in total. The lowest BCUT2D eigenvalue weighted by Crippen LogP contribution is -2.29. The van der Waals surface area contributed by atoms with Gasteiger partial charge in [0, 0.05) is 6.04 Å². The summed E-state index contributed by atoms with van der Waals surface area (Å²) in [6.45, 7) is 6.48.